The highest BCUT2D eigenvalue weighted by Crippen LogP contribution is 2.34. The van der Waals surface area contributed by atoms with Crippen LogP contribution in [0.4, 0.5) is 4.39 Å². The van der Waals surface area contributed by atoms with E-state index in [0.717, 1.165) is 31.4 Å². The first-order valence-electron chi connectivity index (χ1n) is 7.29. The van der Waals surface area contributed by atoms with Crippen molar-refractivity contribution in [2.24, 2.45) is 5.92 Å². The van der Waals surface area contributed by atoms with E-state index in [1.807, 2.05) is 6.07 Å². The monoisotopic (exact) mass is 345 g/mol. The summed E-state index contributed by atoms with van der Waals surface area (Å²) in [6.07, 6.45) is 3.22. The predicted molar refractivity (Wildman–Crippen MR) is 85.8 cm³/mol. The van der Waals surface area contributed by atoms with Gasteiger partial charge in [0.05, 0.1) is 11.6 Å². The quantitative estimate of drug-likeness (QED) is 0.709. The van der Waals surface area contributed by atoms with Gasteiger partial charge in [-0.25, -0.2) is 4.39 Å². The van der Waals surface area contributed by atoms with Gasteiger partial charge in [-0.1, -0.05) is 27.2 Å². The van der Waals surface area contributed by atoms with E-state index in [1.165, 1.54) is 6.07 Å². The van der Waals surface area contributed by atoms with Crippen LogP contribution < -0.4 is 10.1 Å². The number of hydrogen-bond donors (Lipinski definition) is 1. The Morgan fingerprint density at radius 3 is 2.60 bits per heavy atom. The molecule has 4 heteroatoms. The summed E-state index contributed by atoms with van der Waals surface area (Å²) in [6.45, 7) is 7.52. The van der Waals surface area contributed by atoms with Crippen LogP contribution in [0, 0.1) is 11.7 Å². The number of nitrogens with one attached hydrogen (secondary N) is 1. The summed E-state index contributed by atoms with van der Waals surface area (Å²) in [7, 11) is 1.59. The molecule has 0 aromatic heterocycles. The molecule has 0 aliphatic heterocycles. The van der Waals surface area contributed by atoms with Gasteiger partial charge >= 0.3 is 0 Å². The lowest BCUT2D eigenvalue weighted by Crippen LogP contribution is -2.24. The first-order valence-corrected chi connectivity index (χ1v) is 8.09. The van der Waals surface area contributed by atoms with Crippen LogP contribution in [0.15, 0.2) is 16.6 Å². The van der Waals surface area contributed by atoms with Crippen LogP contribution in [0.5, 0.6) is 5.75 Å². The van der Waals surface area contributed by atoms with Crippen molar-refractivity contribution in [1.82, 2.24) is 5.32 Å². The molecule has 2 nitrogen and oxygen atoms in total. The molecule has 0 aliphatic rings. The van der Waals surface area contributed by atoms with Gasteiger partial charge in [0.1, 0.15) is 11.6 Å². The largest absolute Gasteiger partial charge is 0.496 e. The van der Waals surface area contributed by atoms with E-state index in [2.05, 4.69) is 42.0 Å². The second-order valence-corrected chi connectivity index (χ2v) is 6.12. The second-order valence-electron chi connectivity index (χ2n) is 5.26. The molecule has 0 bridgehead atoms. The first kappa shape index (κ1) is 17.4. The Morgan fingerprint density at radius 1 is 1.35 bits per heavy atom. The lowest BCUT2D eigenvalue weighted by molar-refractivity contribution is 0.368. The van der Waals surface area contributed by atoms with Gasteiger partial charge in [-0.2, -0.15) is 0 Å². The molecular weight excluding hydrogens is 321 g/mol. The summed E-state index contributed by atoms with van der Waals surface area (Å²) < 4.78 is 19.5. The Bertz CT molecular complexity index is 425. The number of hydrogen-bond acceptors (Lipinski definition) is 2. The average Bonchev–Trinajstić information content (AvgIpc) is 2.45. The smallest absolute Gasteiger partial charge is 0.141 e. The maximum absolute atomic E-state index is 13.6. The van der Waals surface area contributed by atoms with Crippen LogP contribution in [0.3, 0.4) is 0 Å². The summed E-state index contributed by atoms with van der Waals surface area (Å²) in [5, 5.41) is 3.55. The van der Waals surface area contributed by atoms with E-state index in [4.69, 9.17) is 4.74 Å². The topological polar surface area (TPSA) is 21.3 Å². The number of halogens is 2. The van der Waals surface area contributed by atoms with Gasteiger partial charge in [0, 0.05) is 17.7 Å². The second kappa shape index (κ2) is 8.63. The van der Waals surface area contributed by atoms with Crippen LogP contribution in [0.1, 0.15) is 51.6 Å². The van der Waals surface area contributed by atoms with E-state index >= 15 is 0 Å². The molecule has 0 saturated heterocycles. The van der Waals surface area contributed by atoms with Crippen molar-refractivity contribution in [1.29, 1.82) is 0 Å². The zero-order valence-corrected chi connectivity index (χ0v) is 14.4. The van der Waals surface area contributed by atoms with Gasteiger partial charge in [-0.3, -0.25) is 0 Å². The van der Waals surface area contributed by atoms with E-state index in [9.17, 15) is 4.39 Å². The van der Waals surface area contributed by atoms with E-state index in [-0.39, 0.29) is 11.9 Å². The summed E-state index contributed by atoms with van der Waals surface area (Å²) in [5.74, 6) is 0.934. The first-order chi connectivity index (χ1) is 9.53. The molecule has 1 aromatic rings. The Morgan fingerprint density at radius 2 is 2.05 bits per heavy atom. The highest BCUT2D eigenvalue weighted by molar-refractivity contribution is 9.10. The number of rotatable bonds is 8. The molecule has 114 valence electrons. The molecule has 0 saturated carbocycles. The average molecular weight is 346 g/mol. The number of ether oxygens (including phenoxy) is 1. The fourth-order valence-electron chi connectivity index (χ4n) is 2.20. The zero-order chi connectivity index (χ0) is 15.1. The Labute approximate surface area is 130 Å². The summed E-state index contributed by atoms with van der Waals surface area (Å²) in [6, 6.07) is 3.48. The molecule has 0 spiro atoms. The predicted octanol–water partition coefficient (Wildman–Crippen LogP) is 5.07. The molecular formula is C16H25BrFNO. The highest BCUT2D eigenvalue weighted by Gasteiger charge is 2.20. The van der Waals surface area contributed by atoms with Crippen molar-refractivity contribution < 1.29 is 9.13 Å². The molecule has 0 fully saturated rings. The molecule has 0 heterocycles. The highest BCUT2D eigenvalue weighted by atomic mass is 79.9. The molecule has 1 N–H and O–H groups in total. The zero-order valence-electron chi connectivity index (χ0n) is 12.8. The molecule has 1 rings (SSSR count). The third-order valence-corrected chi connectivity index (χ3v) is 4.23. The molecule has 1 aromatic carbocycles. The third kappa shape index (κ3) is 4.74. The molecule has 0 amide bonds. The lowest BCUT2D eigenvalue weighted by Gasteiger charge is -2.24. The molecule has 2 atom stereocenters. The van der Waals surface area contributed by atoms with Crippen LogP contribution in [-0.4, -0.2) is 13.7 Å². The summed E-state index contributed by atoms with van der Waals surface area (Å²) in [4.78, 5) is 0. The Balaban J connectivity index is 3.07. The minimum Gasteiger partial charge on any atom is -0.496 e. The lowest BCUT2D eigenvalue weighted by atomic mass is 9.93. The minimum absolute atomic E-state index is 0.191. The van der Waals surface area contributed by atoms with Crippen molar-refractivity contribution in [2.45, 2.75) is 46.1 Å². The maximum Gasteiger partial charge on any atom is 0.141 e. The third-order valence-electron chi connectivity index (χ3n) is 3.62. The van der Waals surface area contributed by atoms with Gasteiger partial charge in [0.25, 0.3) is 0 Å². The van der Waals surface area contributed by atoms with E-state index in [1.54, 1.807) is 7.11 Å². The van der Waals surface area contributed by atoms with Gasteiger partial charge in [0.2, 0.25) is 0 Å². The van der Waals surface area contributed by atoms with Crippen LogP contribution in [-0.2, 0) is 0 Å². The van der Waals surface area contributed by atoms with Crippen molar-refractivity contribution in [3.63, 3.8) is 0 Å². The van der Waals surface area contributed by atoms with Crippen LogP contribution in [0.25, 0.3) is 0 Å². The molecule has 0 aliphatic carbocycles. The van der Waals surface area contributed by atoms with Gasteiger partial charge < -0.3 is 10.1 Å². The molecule has 2 unspecified atom stereocenters. The van der Waals surface area contributed by atoms with Crippen molar-refractivity contribution >= 4 is 15.9 Å². The van der Waals surface area contributed by atoms with Gasteiger partial charge in [-0.15, -0.1) is 0 Å². The summed E-state index contributed by atoms with van der Waals surface area (Å²) >= 11 is 3.27. The standard InChI is InChI=1S/C16H25BrFNO/c1-5-7-19-15(8-11(3)6-2)12-9-13(17)14(18)10-16(12)20-4/h9-11,15,19H,5-8H2,1-4H3. The number of benzene rings is 1. The Hall–Kier alpha value is -0.610. The fraction of sp³-hybridized carbons (Fsp3) is 0.625. The molecule has 20 heavy (non-hydrogen) atoms. The normalized spacial score (nSPS) is 14.1. The summed E-state index contributed by atoms with van der Waals surface area (Å²) in [5.41, 5.74) is 1.02. The van der Waals surface area contributed by atoms with Crippen molar-refractivity contribution in [3.8, 4) is 5.75 Å². The van der Waals surface area contributed by atoms with E-state index in [0.29, 0.717) is 16.1 Å². The van der Waals surface area contributed by atoms with Gasteiger partial charge in [-0.05, 0) is 47.3 Å². The minimum atomic E-state index is -0.289. The maximum atomic E-state index is 13.6. The van der Waals surface area contributed by atoms with Gasteiger partial charge in [0.15, 0.2) is 0 Å². The van der Waals surface area contributed by atoms with Crippen molar-refractivity contribution in [3.05, 3.63) is 28.0 Å². The fourth-order valence-corrected chi connectivity index (χ4v) is 2.56. The Kier molecular flexibility index (Phi) is 7.52. The molecule has 0 radical (unpaired) electrons. The van der Waals surface area contributed by atoms with Crippen molar-refractivity contribution in [2.75, 3.05) is 13.7 Å². The van der Waals surface area contributed by atoms with E-state index < -0.39 is 0 Å². The van der Waals surface area contributed by atoms with Crippen LogP contribution in [0.2, 0.25) is 0 Å². The SMILES string of the molecule is CCCNC(CC(C)CC)c1cc(Br)c(F)cc1OC. The van der Waals surface area contributed by atoms with Crippen LogP contribution >= 0.6 is 15.9 Å². The number of methoxy groups -OCH3 is 1.